The number of hydrogen-bond acceptors (Lipinski definition) is 7. The number of benzene rings is 3. The summed E-state index contributed by atoms with van der Waals surface area (Å²) in [6.07, 6.45) is 2.97. The average molecular weight is 586 g/mol. The van der Waals surface area contributed by atoms with Crippen LogP contribution in [0.15, 0.2) is 60.8 Å². The number of phenolic OH excluding ortho intramolecular Hbond substituents is 1. The van der Waals surface area contributed by atoms with E-state index in [1.165, 1.54) is 6.42 Å². The quantitative estimate of drug-likeness (QED) is 0.279. The average Bonchev–Trinajstić information content (AvgIpc) is 3.61. The van der Waals surface area contributed by atoms with Gasteiger partial charge in [-0.25, -0.2) is 14.8 Å². The van der Waals surface area contributed by atoms with Crippen molar-refractivity contribution in [2.75, 3.05) is 63.6 Å². The predicted octanol–water partition coefficient (Wildman–Crippen LogP) is 5.59. The van der Waals surface area contributed by atoms with Gasteiger partial charge in [-0.3, -0.25) is 9.80 Å². The zero-order valence-corrected chi connectivity index (χ0v) is 25.0. The van der Waals surface area contributed by atoms with Gasteiger partial charge in [0, 0.05) is 72.3 Å². The summed E-state index contributed by atoms with van der Waals surface area (Å²) in [4.78, 5) is 31.0. The number of nitrogens with one attached hydrogen (secondary N) is 1. The Hall–Kier alpha value is -3.92. The Balaban J connectivity index is 1.09. The van der Waals surface area contributed by atoms with E-state index in [0.29, 0.717) is 23.6 Å². The van der Waals surface area contributed by atoms with Crippen molar-refractivity contribution in [3.8, 4) is 16.9 Å². The second kappa shape index (κ2) is 11.8. The largest absolute Gasteiger partial charge is 0.508 e. The van der Waals surface area contributed by atoms with Crippen LogP contribution in [0.25, 0.3) is 22.0 Å². The lowest BCUT2D eigenvalue weighted by atomic mass is 10.0. The molecule has 0 unspecified atom stereocenters. The van der Waals surface area contributed by atoms with E-state index in [4.69, 9.17) is 16.6 Å². The van der Waals surface area contributed by atoms with Gasteiger partial charge in [0.1, 0.15) is 5.75 Å². The molecule has 218 valence electrons. The predicted molar refractivity (Wildman–Crippen MR) is 169 cm³/mol. The molecule has 1 aromatic heterocycles. The molecule has 2 aliphatic heterocycles. The van der Waals surface area contributed by atoms with Gasteiger partial charge in [0.05, 0.1) is 5.52 Å². The Kier molecular flexibility index (Phi) is 7.90. The van der Waals surface area contributed by atoms with Crippen molar-refractivity contribution < 1.29 is 9.90 Å². The van der Waals surface area contributed by atoms with Gasteiger partial charge in [-0.1, -0.05) is 11.6 Å². The lowest BCUT2D eigenvalue weighted by Gasteiger charge is -2.23. The van der Waals surface area contributed by atoms with Crippen molar-refractivity contribution in [2.24, 2.45) is 0 Å². The van der Waals surface area contributed by atoms with Gasteiger partial charge in [-0.2, -0.15) is 0 Å². The highest BCUT2D eigenvalue weighted by Crippen LogP contribution is 2.34. The molecule has 3 aromatic carbocycles. The summed E-state index contributed by atoms with van der Waals surface area (Å²) in [5.41, 5.74) is 5.18. The number of aryl methyl sites for hydroxylation is 1. The molecule has 2 saturated heterocycles. The Morgan fingerprint density at radius 1 is 1.05 bits per heavy atom. The molecule has 2 aliphatic rings. The minimum absolute atomic E-state index is 0.0683. The van der Waals surface area contributed by atoms with Crippen LogP contribution >= 0.6 is 11.6 Å². The summed E-state index contributed by atoms with van der Waals surface area (Å²) < 4.78 is 0. The van der Waals surface area contributed by atoms with Gasteiger partial charge in [-0.15, -0.1) is 0 Å². The topological polar surface area (TPSA) is 88.1 Å². The first-order chi connectivity index (χ1) is 20.2. The molecule has 42 heavy (non-hydrogen) atoms. The fourth-order valence-corrected chi connectivity index (χ4v) is 6.08. The Morgan fingerprint density at radius 3 is 2.62 bits per heavy atom. The monoisotopic (exact) mass is 585 g/mol. The SMILES string of the molecule is Cc1cc(-c2cc(O)ccc2Cl)cc2cnc(Nc3ccc(N4CCN(CCN5CC[C@@H](N(C)C)C5)C4=O)cc3)nc12. The Bertz CT molecular complexity index is 1610. The third-order valence-electron chi connectivity index (χ3n) is 8.33. The fraction of sp³-hybridized carbons (Fsp3) is 0.344. The lowest BCUT2D eigenvalue weighted by Crippen LogP contribution is -2.38. The number of nitrogens with zero attached hydrogens (tertiary/aromatic N) is 6. The van der Waals surface area contributed by atoms with Crippen LogP contribution in [0, 0.1) is 6.92 Å². The number of carbonyl (C=O) groups excluding carboxylic acids is 1. The summed E-state index contributed by atoms with van der Waals surface area (Å²) >= 11 is 6.39. The number of anilines is 3. The maximum Gasteiger partial charge on any atom is 0.324 e. The Labute approximate surface area is 251 Å². The molecule has 0 aliphatic carbocycles. The molecule has 3 heterocycles. The van der Waals surface area contributed by atoms with Gasteiger partial charge in [0.25, 0.3) is 0 Å². The number of aromatic hydroxyl groups is 1. The molecule has 6 rings (SSSR count). The minimum Gasteiger partial charge on any atom is -0.508 e. The maximum atomic E-state index is 13.1. The standard InChI is InChI=1S/C32H36ClN7O2/c1-21-16-22(28-18-27(41)8-9-29(28)33)17-23-19-34-31(36-30(21)23)35-24-4-6-25(7-5-24)40-15-14-39(32(40)42)13-12-38-11-10-26(20-38)37(2)3/h4-9,16-19,26,41H,10-15,20H2,1-3H3,(H,34,35,36)/t26-/m1/s1. The number of likely N-dealkylation sites (tertiary alicyclic amines) is 1. The lowest BCUT2D eigenvalue weighted by molar-refractivity contribution is 0.207. The maximum absolute atomic E-state index is 13.1. The first-order valence-electron chi connectivity index (χ1n) is 14.3. The van der Waals surface area contributed by atoms with E-state index in [1.807, 2.05) is 53.1 Å². The van der Waals surface area contributed by atoms with E-state index in [9.17, 15) is 9.90 Å². The first kappa shape index (κ1) is 28.2. The zero-order chi connectivity index (χ0) is 29.4. The second-order valence-corrected chi connectivity index (χ2v) is 11.8. The van der Waals surface area contributed by atoms with E-state index in [-0.39, 0.29) is 11.8 Å². The molecule has 0 bridgehead atoms. The molecule has 0 radical (unpaired) electrons. The molecule has 2 amide bonds. The van der Waals surface area contributed by atoms with Crippen LogP contribution in [0.3, 0.4) is 0 Å². The fourth-order valence-electron chi connectivity index (χ4n) is 5.86. The van der Waals surface area contributed by atoms with Crippen molar-refractivity contribution in [1.82, 2.24) is 24.7 Å². The molecular formula is C32H36ClN7O2. The smallest absolute Gasteiger partial charge is 0.324 e. The highest BCUT2D eigenvalue weighted by atomic mass is 35.5. The van der Waals surface area contributed by atoms with Crippen molar-refractivity contribution in [1.29, 1.82) is 0 Å². The van der Waals surface area contributed by atoms with Gasteiger partial charge in [-0.05, 0) is 99.7 Å². The molecule has 2 fully saturated rings. The van der Waals surface area contributed by atoms with Gasteiger partial charge in [0.15, 0.2) is 0 Å². The first-order valence-corrected chi connectivity index (χ1v) is 14.7. The van der Waals surface area contributed by atoms with Gasteiger partial charge in [0.2, 0.25) is 5.95 Å². The number of fused-ring (bicyclic) bond motifs is 1. The van der Waals surface area contributed by atoms with Crippen LogP contribution in [0.4, 0.5) is 22.1 Å². The second-order valence-electron chi connectivity index (χ2n) is 11.4. The van der Waals surface area contributed by atoms with E-state index in [1.54, 1.807) is 24.4 Å². The summed E-state index contributed by atoms with van der Waals surface area (Å²) in [6.45, 7) is 7.28. The number of phenols is 1. The van der Waals surface area contributed by atoms with E-state index < -0.39 is 0 Å². The molecule has 0 saturated carbocycles. The molecule has 0 spiro atoms. The third kappa shape index (κ3) is 5.86. The molecular weight excluding hydrogens is 550 g/mol. The third-order valence-corrected chi connectivity index (χ3v) is 8.66. The molecule has 4 aromatic rings. The summed E-state index contributed by atoms with van der Waals surface area (Å²) in [5.74, 6) is 0.652. The number of urea groups is 1. The minimum atomic E-state index is 0.0683. The zero-order valence-electron chi connectivity index (χ0n) is 24.2. The van der Waals surface area contributed by atoms with Gasteiger partial charge < -0.3 is 20.2 Å². The normalized spacial score (nSPS) is 17.6. The van der Waals surface area contributed by atoms with Crippen LogP contribution < -0.4 is 10.2 Å². The summed E-state index contributed by atoms with van der Waals surface area (Å²) in [6, 6.07) is 17.4. The highest BCUT2D eigenvalue weighted by Gasteiger charge is 2.31. The van der Waals surface area contributed by atoms with E-state index in [2.05, 4.69) is 34.2 Å². The number of halogens is 1. The number of hydrogen-bond donors (Lipinski definition) is 2. The van der Waals surface area contributed by atoms with Crippen LogP contribution in [0.1, 0.15) is 12.0 Å². The van der Waals surface area contributed by atoms with Crippen molar-refractivity contribution >= 4 is 45.9 Å². The van der Waals surface area contributed by atoms with E-state index in [0.717, 1.165) is 71.7 Å². The summed E-state index contributed by atoms with van der Waals surface area (Å²) in [7, 11) is 4.28. The Morgan fingerprint density at radius 2 is 1.86 bits per heavy atom. The van der Waals surface area contributed by atoms with Crippen molar-refractivity contribution in [3.05, 3.63) is 71.4 Å². The van der Waals surface area contributed by atoms with Crippen molar-refractivity contribution in [2.45, 2.75) is 19.4 Å². The number of likely N-dealkylation sites (N-methyl/N-ethyl adjacent to an activating group) is 1. The summed E-state index contributed by atoms with van der Waals surface area (Å²) in [5, 5.41) is 14.7. The number of amides is 2. The van der Waals surface area contributed by atoms with Crippen LogP contribution in [0.2, 0.25) is 5.02 Å². The molecule has 2 N–H and O–H groups in total. The molecule has 10 heteroatoms. The van der Waals surface area contributed by atoms with Gasteiger partial charge >= 0.3 is 6.03 Å². The molecule has 1 atom stereocenters. The van der Waals surface area contributed by atoms with Crippen LogP contribution in [-0.4, -0.2) is 95.2 Å². The van der Waals surface area contributed by atoms with Crippen LogP contribution in [-0.2, 0) is 0 Å². The number of aromatic nitrogens is 2. The van der Waals surface area contributed by atoms with E-state index >= 15 is 0 Å². The number of rotatable bonds is 8. The van der Waals surface area contributed by atoms with Crippen molar-refractivity contribution in [3.63, 3.8) is 0 Å². The molecule has 9 nitrogen and oxygen atoms in total. The number of carbonyl (C=O) groups is 1. The highest BCUT2D eigenvalue weighted by molar-refractivity contribution is 6.33. The van der Waals surface area contributed by atoms with Crippen LogP contribution in [0.5, 0.6) is 5.75 Å².